The fourth-order valence-electron chi connectivity index (χ4n) is 3.65. The van der Waals surface area contributed by atoms with Gasteiger partial charge in [-0.2, -0.15) is 0 Å². The maximum atomic E-state index is 11.7. The fraction of sp³-hybridized carbons (Fsp3) is 0.542. The smallest absolute Gasteiger partial charge is 0.407 e. The van der Waals surface area contributed by atoms with Crippen LogP contribution in [0.25, 0.3) is 21.9 Å². The fourth-order valence-corrected chi connectivity index (χ4v) is 3.65. The van der Waals surface area contributed by atoms with E-state index < -0.39 is 11.7 Å². The molecule has 0 spiro atoms. The second kappa shape index (κ2) is 11.3. The van der Waals surface area contributed by atoms with E-state index in [4.69, 9.17) is 24.9 Å². The van der Waals surface area contributed by atoms with Gasteiger partial charge in [0.1, 0.15) is 17.9 Å². The number of ether oxygens (including phenoxy) is 3. The van der Waals surface area contributed by atoms with Crippen LogP contribution in [0.15, 0.2) is 24.3 Å². The van der Waals surface area contributed by atoms with Crippen LogP contribution in [0, 0.1) is 0 Å². The van der Waals surface area contributed by atoms with Crippen molar-refractivity contribution in [1.82, 2.24) is 19.9 Å². The zero-order chi connectivity index (χ0) is 23.8. The molecule has 0 atom stereocenters. The highest BCUT2D eigenvalue weighted by molar-refractivity contribution is 6.06. The van der Waals surface area contributed by atoms with E-state index >= 15 is 0 Å². The van der Waals surface area contributed by atoms with Crippen LogP contribution in [0.3, 0.4) is 0 Å². The van der Waals surface area contributed by atoms with Crippen molar-refractivity contribution in [3.63, 3.8) is 0 Å². The SMILES string of the molecule is CCCCOC(=O)NCCOC(C)(C)Cn1c(COCC)nc2c(N)nc3ccccc3c21. The summed E-state index contributed by atoms with van der Waals surface area (Å²) in [6.45, 7) is 10.6. The van der Waals surface area contributed by atoms with Gasteiger partial charge in [-0.05, 0) is 33.3 Å². The van der Waals surface area contributed by atoms with Gasteiger partial charge in [0.2, 0.25) is 0 Å². The number of hydrogen-bond acceptors (Lipinski definition) is 7. The van der Waals surface area contributed by atoms with E-state index in [-0.39, 0.29) is 0 Å². The lowest BCUT2D eigenvalue weighted by Crippen LogP contribution is -2.35. The summed E-state index contributed by atoms with van der Waals surface area (Å²) < 4.78 is 19.0. The molecule has 9 nitrogen and oxygen atoms in total. The van der Waals surface area contributed by atoms with Gasteiger partial charge in [0.25, 0.3) is 0 Å². The van der Waals surface area contributed by atoms with Crippen LogP contribution in [0.5, 0.6) is 0 Å². The number of nitrogens with two attached hydrogens (primary N) is 1. The molecule has 0 aliphatic carbocycles. The Labute approximate surface area is 194 Å². The molecule has 0 aliphatic heterocycles. The lowest BCUT2D eigenvalue weighted by molar-refractivity contribution is -0.0280. The number of nitrogens with zero attached hydrogens (tertiary/aromatic N) is 3. The quantitative estimate of drug-likeness (QED) is 0.395. The summed E-state index contributed by atoms with van der Waals surface area (Å²) >= 11 is 0. The number of hydrogen-bond donors (Lipinski definition) is 2. The topological polar surface area (TPSA) is 114 Å². The van der Waals surface area contributed by atoms with Crippen LogP contribution in [-0.2, 0) is 27.4 Å². The normalized spacial score (nSPS) is 11.9. The summed E-state index contributed by atoms with van der Waals surface area (Å²) in [5.41, 5.74) is 8.11. The number of aromatic nitrogens is 3. The third-order valence-electron chi connectivity index (χ3n) is 5.26. The van der Waals surface area contributed by atoms with Gasteiger partial charge in [0.05, 0.1) is 36.4 Å². The number of alkyl carbamates (subject to hydrolysis) is 1. The first kappa shape index (κ1) is 24.7. The average molecular weight is 458 g/mol. The molecule has 3 aromatic rings. The molecule has 3 N–H and O–H groups in total. The number of fused-ring (bicyclic) bond motifs is 3. The second-order valence-corrected chi connectivity index (χ2v) is 8.49. The molecule has 180 valence electrons. The molecule has 0 fully saturated rings. The number of rotatable bonds is 12. The van der Waals surface area contributed by atoms with Crippen LogP contribution in [0.4, 0.5) is 10.6 Å². The van der Waals surface area contributed by atoms with Gasteiger partial charge in [-0.15, -0.1) is 0 Å². The first-order chi connectivity index (χ1) is 15.9. The highest BCUT2D eigenvalue weighted by Gasteiger charge is 2.25. The maximum absolute atomic E-state index is 11.7. The number of unbranched alkanes of at least 4 members (excludes halogenated alkanes) is 1. The monoisotopic (exact) mass is 457 g/mol. The van der Waals surface area contributed by atoms with E-state index in [1.165, 1.54) is 0 Å². The number of pyridine rings is 1. The number of para-hydroxylation sites is 1. The van der Waals surface area contributed by atoms with Crippen LogP contribution < -0.4 is 11.1 Å². The van der Waals surface area contributed by atoms with Gasteiger partial charge in [0, 0.05) is 18.5 Å². The second-order valence-electron chi connectivity index (χ2n) is 8.49. The Bertz CT molecular complexity index is 1080. The molecule has 0 saturated carbocycles. The van der Waals surface area contributed by atoms with E-state index in [1.54, 1.807) is 0 Å². The predicted octanol–water partition coefficient (Wildman–Crippen LogP) is 4.02. The van der Waals surface area contributed by atoms with Crippen molar-refractivity contribution in [3.05, 3.63) is 30.1 Å². The Kier molecular flexibility index (Phi) is 8.46. The number of carbonyl (C=O) groups is 1. The van der Waals surface area contributed by atoms with E-state index in [1.807, 2.05) is 52.0 Å². The number of anilines is 1. The molecule has 0 aliphatic rings. The Morgan fingerprint density at radius 2 is 1.97 bits per heavy atom. The first-order valence-electron chi connectivity index (χ1n) is 11.5. The molecule has 0 bridgehead atoms. The van der Waals surface area contributed by atoms with Gasteiger partial charge >= 0.3 is 6.09 Å². The predicted molar refractivity (Wildman–Crippen MR) is 129 cm³/mol. The van der Waals surface area contributed by atoms with Gasteiger partial charge in [0.15, 0.2) is 5.82 Å². The van der Waals surface area contributed by atoms with Gasteiger partial charge < -0.3 is 29.8 Å². The van der Waals surface area contributed by atoms with Crippen molar-refractivity contribution in [3.8, 4) is 0 Å². The lowest BCUT2D eigenvalue weighted by Gasteiger charge is -2.27. The van der Waals surface area contributed by atoms with Gasteiger partial charge in [-0.25, -0.2) is 14.8 Å². The molecule has 0 saturated heterocycles. The Morgan fingerprint density at radius 1 is 1.18 bits per heavy atom. The van der Waals surface area contributed by atoms with Crippen molar-refractivity contribution in [1.29, 1.82) is 0 Å². The minimum Gasteiger partial charge on any atom is -0.450 e. The van der Waals surface area contributed by atoms with E-state index in [2.05, 4.69) is 14.9 Å². The molecule has 0 unspecified atom stereocenters. The lowest BCUT2D eigenvalue weighted by atomic mass is 10.1. The summed E-state index contributed by atoms with van der Waals surface area (Å²) in [7, 11) is 0. The maximum Gasteiger partial charge on any atom is 0.407 e. The van der Waals surface area contributed by atoms with E-state index in [0.29, 0.717) is 50.9 Å². The molecule has 33 heavy (non-hydrogen) atoms. The van der Waals surface area contributed by atoms with E-state index in [0.717, 1.165) is 35.1 Å². The Balaban J connectivity index is 1.78. The molecule has 0 radical (unpaired) electrons. The van der Waals surface area contributed by atoms with Gasteiger partial charge in [-0.3, -0.25) is 0 Å². The van der Waals surface area contributed by atoms with Crippen molar-refractivity contribution >= 4 is 33.8 Å². The average Bonchev–Trinajstić information content (AvgIpc) is 3.14. The number of nitrogen functional groups attached to an aromatic ring is 1. The molecule has 1 amide bonds. The van der Waals surface area contributed by atoms with E-state index in [9.17, 15) is 4.79 Å². The highest BCUT2D eigenvalue weighted by atomic mass is 16.5. The summed E-state index contributed by atoms with van der Waals surface area (Å²) in [4.78, 5) is 21.0. The number of amides is 1. The van der Waals surface area contributed by atoms with Crippen molar-refractivity contribution < 1.29 is 19.0 Å². The van der Waals surface area contributed by atoms with Gasteiger partial charge in [-0.1, -0.05) is 31.5 Å². The Hall–Kier alpha value is -2.91. The summed E-state index contributed by atoms with van der Waals surface area (Å²) in [5, 5.41) is 3.70. The van der Waals surface area contributed by atoms with Crippen molar-refractivity contribution in [2.45, 2.75) is 59.3 Å². The van der Waals surface area contributed by atoms with Crippen LogP contribution in [0.2, 0.25) is 0 Å². The first-order valence-corrected chi connectivity index (χ1v) is 11.5. The van der Waals surface area contributed by atoms with Crippen LogP contribution in [0.1, 0.15) is 46.4 Å². The zero-order valence-corrected chi connectivity index (χ0v) is 20.0. The summed E-state index contributed by atoms with van der Waals surface area (Å²) in [5.74, 6) is 1.16. The standard InChI is InChI=1S/C24H35N5O4/c1-5-7-13-32-23(30)26-12-14-33-24(3,4)16-29-19(15-31-6-2)28-20-21(29)17-10-8-9-11-18(17)27-22(20)25/h8-11H,5-7,12-16H2,1-4H3,(H2,25,27)(H,26,30). The molecular formula is C24H35N5O4. The number of nitrogens with one attached hydrogen (secondary N) is 1. The number of imidazole rings is 1. The molecule has 1 aromatic carbocycles. The Morgan fingerprint density at radius 3 is 2.73 bits per heavy atom. The number of carbonyl (C=O) groups excluding carboxylic acids is 1. The third kappa shape index (κ3) is 6.33. The minimum atomic E-state index is -0.540. The highest BCUT2D eigenvalue weighted by Crippen LogP contribution is 2.30. The molecule has 3 rings (SSSR count). The molecular weight excluding hydrogens is 422 g/mol. The summed E-state index contributed by atoms with van der Waals surface area (Å²) in [6, 6.07) is 7.88. The zero-order valence-electron chi connectivity index (χ0n) is 20.0. The molecule has 9 heteroatoms. The largest absolute Gasteiger partial charge is 0.450 e. The van der Waals surface area contributed by atoms with Crippen molar-refractivity contribution in [2.24, 2.45) is 0 Å². The third-order valence-corrected chi connectivity index (χ3v) is 5.26. The molecule has 2 aromatic heterocycles. The summed E-state index contributed by atoms with van der Waals surface area (Å²) in [6.07, 6.45) is 1.42. The molecule has 2 heterocycles. The minimum absolute atomic E-state index is 0.355. The van der Waals surface area contributed by atoms with Crippen molar-refractivity contribution in [2.75, 3.05) is 32.1 Å². The van der Waals surface area contributed by atoms with Crippen LogP contribution >= 0.6 is 0 Å². The van der Waals surface area contributed by atoms with Crippen LogP contribution in [-0.4, -0.2) is 52.6 Å². The number of benzene rings is 1.